The van der Waals surface area contributed by atoms with E-state index in [-0.39, 0.29) is 17.5 Å². The van der Waals surface area contributed by atoms with Crippen molar-refractivity contribution in [3.63, 3.8) is 0 Å². The molecule has 3 aromatic rings. The number of nitrogens with zero attached hydrogens (tertiary/aromatic N) is 1. The first-order valence-electron chi connectivity index (χ1n) is 9.97. The maximum absolute atomic E-state index is 12.7. The molecule has 148 valence electrons. The van der Waals surface area contributed by atoms with Crippen LogP contribution in [0.4, 0.5) is 11.4 Å². The van der Waals surface area contributed by atoms with Crippen LogP contribution in [0.5, 0.6) is 0 Å². The van der Waals surface area contributed by atoms with Crippen LogP contribution in [0, 0.1) is 6.92 Å². The van der Waals surface area contributed by atoms with Crippen molar-refractivity contribution < 1.29 is 14.0 Å². The van der Waals surface area contributed by atoms with E-state index in [4.69, 9.17) is 4.42 Å². The number of Topliss-reactive ketones (excluding diaryl/α,β-unsaturated/α-hetero) is 1. The molecule has 0 saturated carbocycles. The van der Waals surface area contributed by atoms with Crippen molar-refractivity contribution in [3.8, 4) is 0 Å². The number of nitrogens with one attached hydrogen (secondary N) is 1. The Morgan fingerprint density at radius 3 is 2.76 bits per heavy atom. The number of carbonyl (C=O) groups excluding carboxylic acids is 2. The molecule has 0 fully saturated rings. The molecule has 1 aliphatic carbocycles. The van der Waals surface area contributed by atoms with Gasteiger partial charge in [-0.05, 0) is 61.0 Å². The number of ketones is 1. The van der Waals surface area contributed by atoms with Crippen molar-refractivity contribution in [2.45, 2.75) is 39.2 Å². The number of fused-ring (bicyclic) bond motifs is 2. The first-order valence-corrected chi connectivity index (χ1v) is 10.8. The van der Waals surface area contributed by atoms with Gasteiger partial charge in [-0.1, -0.05) is 0 Å². The molecule has 0 radical (unpaired) electrons. The van der Waals surface area contributed by atoms with Crippen LogP contribution in [-0.4, -0.2) is 18.2 Å². The fourth-order valence-corrected chi connectivity index (χ4v) is 5.17. The minimum atomic E-state index is -0.307. The zero-order valence-electron chi connectivity index (χ0n) is 16.3. The summed E-state index contributed by atoms with van der Waals surface area (Å²) in [7, 11) is 0. The standard InChI is InChI=1S/C23H22N2O3S/c1-14-21-18(26)3-2-4-19(21)28-22(14)23(27)24-16-5-7-17(8-6-16)25-11-9-20-15(13-25)10-12-29-20/h5-8,10,12H,2-4,9,11,13H2,1H3,(H,24,27). The zero-order valence-corrected chi connectivity index (χ0v) is 17.1. The molecule has 3 heterocycles. The van der Waals surface area contributed by atoms with Crippen molar-refractivity contribution in [1.82, 2.24) is 0 Å². The number of aryl methyl sites for hydroxylation is 1. The van der Waals surface area contributed by atoms with Crippen LogP contribution in [0.15, 0.2) is 40.1 Å². The third-order valence-electron chi connectivity index (χ3n) is 5.81. The Kier molecular flexibility index (Phi) is 4.51. The van der Waals surface area contributed by atoms with Crippen LogP contribution in [-0.2, 0) is 19.4 Å². The van der Waals surface area contributed by atoms with Crippen molar-refractivity contribution in [3.05, 3.63) is 68.8 Å². The Balaban J connectivity index is 1.30. The van der Waals surface area contributed by atoms with Crippen molar-refractivity contribution in [2.75, 3.05) is 16.8 Å². The van der Waals surface area contributed by atoms with Gasteiger partial charge < -0.3 is 14.6 Å². The van der Waals surface area contributed by atoms with Crippen LogP contribution in [0.25, 0.3) is 0 Å². The normalized spacial score (nSPS) is 15.8. The number of amides is 1. The molecule has 0 saturated heterocycles. The van der Waals surface area contributed by atoms with Gasteiger partial charge in [0.25, 0.3) is 5.91 Å². The van der Waals surface area contributed by atoms with E-state index in [2.05, 4.69) is 21.7 Å². The van der Waals surface area contributed by atoms with Gasteiger partial charge in [0.15, 0.2) is 11.5 Å². The van der Waals surface area contributed by atoms with Crippen LogP contribution in [0.3, 0.4) is 0 Å². The summed E-state index contributed by atoms with van der Waals surface area (Å²) in [5, 5.41) is 5.07. The summed E-state index contributed by atoms with van der Waals surface area (Å²) in [5.74, 6) is 0.664. The maximum Gasteiger partial charge on any atom is 0.291 e. The molecule has 5 rings (SSSR count). The molecule has 0 bridgehead atoms. The van der Waals surface area contributed by atoms with Crippen molar-refractivity contribution in [2.24, 2.45) is 0 Å². The van der Waals surface area contributed by atoms with Gasteiger partial charge >= 0.3 is 0 Å². The highest BCUT2D eigenvalue weighted by Crippen LogP contribution is 2.31. The van der Waals surface area contributed by atoms with Gasteiger partial charge in [-0.15, -0.1) is 11.3 Å². The second kappa shape index (κ2) is 7.19. The zero-order chi connectivity index (χ0) is 20.0. The summed E-state index contributed by atoms with van der Waals surface area (Å²) in [5.41, 5.74) is 4.53. The van der Waals surface area contributed by atoms with E-state index in [1.165, 1.54) is 10.4 Å². The molecule has 5 nitrogen and oxygen atoms in total. The Labute approximate surface area is 173 Å². The quantitative estimate of drug-likeness (QED) is 0.666. The van der Waals surface area contributed by atoms with E-state index in [0.29, 0.717) is 35.4 Å². The van der Waals surface area contributed by atoms with Gasteiger partial charge in [-0.3, -0.25) is 9.59 Å². The predicted octanol–water partition coefficient (Wildman–Crippen LogP) is 4.98. The third-order valence-corrected chi connectivity index (χ3v) is 6.83. The summed E-state index contributed by atoms with van der Waals surface area (Å²) < 4.78 is 5.75. The average molecular weight is 407 g/mol. The lowest BCUT2D eigenvalue weighted by Gasteiger charge is -2.29. The molecule has 2 aliphatic rings. The largest absolute Gasteiger partial charge is 0.455 e. The average Bonchev–Trinajstić information content (AvgIpc) is 3.33. The Morgan fingerprint density at radius 2 is 1.97 bits per heavy atom. The number of furan rings is 1. The Morgan fingerprint density at radius 1 is 1.14 bits per heavy atom. The molecule has 6 heteroatoms. The maximum atomic E-state index is 12.7. The molecule has 1 N–H and O–H groups in total. The second-order valence-corrected chi connectivity index (χ2v) is 8.67. The van der Waals surface area contributed by atoms with E-state index in [9.17, 15) is 9.59 Å². The van der Waals surface area contributed by atoms with Crippen LogP contribution >= 0.6 is 11.3 Å². The highest BCUT2D eigenvalue weighted by molar-refractivity contribution is 7.10. The predicted molar refractivity (Wildman–Crippen MR) is 114 cm³/mol. The minimum absolute atomic E-state index is 0.0752. The lowest BCUT2D eigenvalue weighted by molar-refractivity contribution is 0.0963. The molecule has 0 spiro atoms. The van der Waals surface area contributed by atoms with Crippen molar-refractivity contribution >= 4 is 34.4 Å². The van der Waals surface area contributed by atoms with E-state index >= 15 is 0 Å². The molecule has 0 unspecified atom stereocenters. The minimum Gasteiger partial charge on any atom is -0.455 e. The first-order chi connectivity index (χ1) is 14.1. The number of carbonyl (C=O) groups is 2. The SMILES string of the molecule is Cc1c(C(=O)Nc2ccc(N3CCc4sccc4C3)cc2)oc2c1C(=O)CCC2. The Bertz CT molecular complexity index is 1090. The molecule has 29 heavy (non-hydrogen) atoms. The number of hydrogen-bond donors (Lipinski definition) is 1. The van der Waals surface area contributed by atoms with Crippen LogP contribution < -0.4 is 10.2 Å². The summed E-state index contributed by atoms with van der Waals surface area (Å²) >= 11 is 1.84. The van der Waals surface area contributed by atoms with Gasteiger partial charge in [-0.25, -0.2) is 0 Å². The van der Waals surface area contributed by atoms with Gasteiger partial charge in [-0.2, -0.15) is 0 Å². The summed E-state index contributed by atoms with van der Waals surface area (Å²) in [6.45, 7) is 3.72. The van der Waals surface area contributed by atoms with Gasteiger partial charge in [0.2, 0.25) is 0 Å². The van der Waals surface area contributed by atoms with Gasteiger partial charge in [0, 0.05) is 47.7 Å². The topological polar surface area (TPSA) is 62.6 Å². The second-order valence-electron chi connectivity index (χ2n) is 7.67. The molecule has 1 aromatic carbocycles. The smallest absolute Gasteiger partial charge is 0.291 e. The van der Waals surface area contributed by atoms with E-state index in [0.717, 1.165) is 31.6 Å². The molecular weight excluding hydrogens is 384 g/mol. The van der Waals surface area contributed by atoms with Crippen LogP contribution in [0.1, 0.15) is 55.5 Å². The molecule has 0 atom stereocenters. The number of benzene rings is 1. The fourth-order valence-electron chi connectivity index (χ4n) is 4.28. The lowest BCUT2D eigenvalue weighted by atomic mass is 9.94. The molecular formula is C23H22N2O3S. The number of anilines is 2. The molecule has 1 aliphatic heterocycles. The molecule has 1 amide bonds. The fraction of sp³-hybridized carbons (Fsp3) is 0.304. The number of thiophene rings is 1. The first kappa shape index (κ1) is 18.2. The Hall–Kier alpha value is -2.86. The summed E-state index contributed by atoms with van der Waals surface area (Å²) in [6, 6.07) is 10.1. The molecule has 2 aromatic heterocycles. The third kappa shape index (κ3) is 3.27. The monoisotopic (exact) mass is 406 g/mol. The van der Waals surface area contributed by atoms with Gasteiger partial charge in [0.1, 0.15) is 5.76 Å². The van der Waals surface area contributed by atoms with E-state index < -0.39 is 0 Å². The van der Waals surface area contributed by atoms with E-state index in [1.54, 1.807) is 6.92 Å². The highest BCUT2D eigenvalue weighted by atomic mass is 32.1. The summed E-state index contributed by atoms with van der Waals surface area (Å²) in [4.78, 5) is 28.7. The van der Waals surface area contributed by atoms with Crippen molar-refractivity contribution in [1.29, 1.82) is 0 Å². The number of rotatable bonds is 3. The number of hydrogen-bond acceptors (Lipinski definition) is 5. The summed E-state index contributed by atoms with van der Waals surface area (Å²) in [6.07, 6.45) is 3.10. The lowest BCUT2D eigenvalue weighted by Crippen LogP contribution is -2.29. The van der Waals surface area contributed by atoms with E-state index in [1.807, 2.05) is 35.6 Å². The van der Waals surface area contributed by atoms with Crippen LogP contribution in [0.2, 0.25) is 0 Å². The highest BCUT2D eigenvalue weighted by Gasteiger charge is 2.28. The van der Waals surface area contributed by atoms with Gasteiger partial charge in [0.05, 0.1) is 5.56 Å².